The summed E-state index contributed by atoms with van der Waals surface area (Å²) in [7, 11) is 0. The lowest BCUT2D eigenvalue weighted by molar-refractivity contribution is 0.626. The normalized spacial score (nSPS) is 11.5. The molecule has 2 heterocycles. The molecule has 0 N–H and O–H groups in total. The first-order chi connectivity index (χ1) is 11.6. The summed E-state index contributed by atoms with van der Waals surface area (Å²) in [6, 6.07) is 15.0. The van der Waals surface area contributed by atoms with Gasteiger partial charge in [-0.3, -0.25) is 4.40 Å². The Hall–Kier alpha value is -1.92. The van der Waals surface area contributed by atoms with E-state index in [1.54, 1.807) is 17.8 Å². The van der Waals surface area contributed by atoms with E-state index in [2.05, 4.69) is 49.6 Å². The van der Waals surface area contributed by atoms with Crippen molar-refractivity contribution in [3.05, 3.63) is 69.9 Å². The molecule has 0 atom stereocenters. The van der Waals surface area contributed by atoms with E-state index in [9.17, 15) is 4.39 Å². The van der Waals surface area contributed by atoms with Crippen LogP contribution in [-0.4, -0.2) is 14.6 Å². The number of hydrogen-bond acceptors (Lipinski definition) is 3. The molecule has 4 rings (SSSR count). The van der Waals surface area contributed by atoms with E-state index in [0.717, 1.165) is 26.4 Å². The second-order valence-corrected chi connectivity index (χ2v) is 7.34. The summed E-state index contributed by atoms with van der Waals surface area (Å²) in [6.07, 6.45) is 0. The summed E-state index contributed by atoms with van der Waals surface area (Å²) < 4.78 is 16.1. The van der Waals surface area contributed by atoms with Crippen LogP contribution in [0.2, 0.25) is 0 Å². The maximum atomic E-state index is 13.2. The van der Waals surface area contributed by atoms with E-state index in [0.29, 0.717) is 5.75 Å². The predicted octanol–water partition coefficient (Wildman–Crippen LogP) is 5.38. The fourth-order valence-corrected chi connectivity index (χ4v) is 4.38. The molecular weight excluding hydrogens is 389 g/mol. The molecule has 4 aromatic rings. The minimum Gasteiger partial charge on any atom is -0.270 e. The topological polar surface area (TPSA) is 30.2 Å². The molecule has 2 aromatic heterocycles. The Morgan fingerprint density at radius 3 is 2.79 bits per heavy atom. The number of aromatic nitrogens is 3. The Morgan fingerprint density at radius 2 is 1.96 bits per heavy atom. The molecule has 24 heavy (non-hydrogen) atoms. The highest BCUT2D eigenvalue weighted by atomic mass is 79.9. The summed E-state index contributed by atoms with van der Waals surface area (Å²) in [5, 5.41) is 10.7. The highest BCUT2D eigenvalue weighted by molar-refractivity contribution is 9.10. The van der Waals surface area contributed by atoms with Crippen LogP contribution in [0.25, 0.3) is 16.6 Å². The average Bonchev–Trinajstić information content (AvgIpc) is 2.97. The van der Waals surface area contributed by atoms with Crippen LogP contribution in [0.4, 0.5) is 4.39 Å². The Balaban J connectivity index is 1.76. The third kappa shape index (κ3) is 2.70. The number of rotatable bonds is 3. The van der Waals surface area contributed by atoms with Crippen LogP contribution in [0.5, 0.6) is 0 Å². The lowest BCUT2D eigenvalue weighted by atomic mass is 10.1. The number of hydrogen-bond donors (Lipinski definition) is 0. The standard InChI is InChI=1S/C18H13BrFN3S/c1-11-8-17-21-22-18(23(17)16-5-3-2-4-14(11)16)24-10-12-6-7-13(20)9-15(12)19/h2-9H,10H2,1H3. The molecule has 0 fully saturated rings. The van der Waals surface area contributed by atoms with Crippen LogP contribution in [0.1, 0.15) is 11.1 Å². The molecule has 6 heteroatoms. The lowest BCUT2D eigenvalue weighted by Gasteiger charge is -2.08. The number of halogens is 2. The van der Waals surface area contributed by atoms with Crippen molar-refractivity contribution >= 4 is 44.2 Å². The van der Waals surface area contributed by atoms with Crippen LogP contribution < -0.4 is 0 Å². The number of fused-ring (bicyclic) bond motifs is 3. The van der Waals surface area contributed by atoms with Crippen LogP contribution in [-0.2, 0) is 5.75 Å². The Labute approximate surface area is 151 Å². The van der Waals surface area contributed by atoms with E-state index >= 15 is 0 Å². The Morgan fingerprint density at radius 1 is 1.12 bits per heavy atom. The zero-order chi connectivity index (χ0) is 16.7. The van der Waals surface area contributed by atoms with Crippen molar-refractivity contribution in [3.8, 4) is 0 Å². The molecule has 3 nitrogen and oxygen atoms in total. The number of benzene rings is 2. The minimum absolute atomic E-state index is 0.245. The molecule has 0 unspecified atom stereocenters. The van der Waals surface area contributed by atoms with E-state index < -0.39 is 0 Å². The van der Waals surface area contributed by atoms with Crippen LogP contribution in [0, 0.1) is 12.7 Å². The first-order valence-electron chi connectivity index (χ1n) is 7.44. The molecule has 0 bridgehead atoms. The quantitative estimate of drug-likeness (QED) is 0.431. The highest BCUT2D eigenvalue weighted by Crippen LogP contribution is 2.29. The first kappa shape index (κ1) is 15.6. The Bertz CT molecular complexity index is 1060. The van der Waals surface area contributed by atoms with Gasteiger partial charge in [0.1, 0.15) is 5.82 Å². The van der Waals surface area contributed by atoms with Gasteiger partial charge < -0.3 is 0 Å². The molecule has 2 aromatic carbocycles. The van der Waals surface area contributed by atoms with Gasteiger partial charge in [-0.25, -0.2) is 4.39 Å². The average molecular weight is 402 g/mol. The van der Waals surface area contributed by atoms with Crippen LogP contribution >= 0.6 is 27.7 Å². The number of aryl methyl sites for hydroxylation is 1. The summed E-state index contributed by atoms with van der Waals surface area (Å²) in [4.78, 5) is 0. The van der Waals surface area contributed by atoms with Crippen molar-refractivity contribution in [2.24, 2.45) is 0 Å². The molecule has 0 spiro atoms. The monoisotopic (exact) mass is 401 g/mol. The van der Waals surface area contributed by atoms with Gasteiger partial charge in [0.05, 0.1) is 5.52 Å². The number of thioether (sulfide) groups is 1. The third-order valence-corrected chi connectivity index (χ3v) is 5.66. The van der Waals surface area contributed by atoms with E-state index in [1.807, 2.05) is 18.2 Å². The van der Waals surface area contributed by atoms with Crippen LogP contribution in [0.3, 0.4) is 0 Å². The van der Waals surface area contributed by atoms with Crippen molar-refractivity contribution in [2.45, 2.75) is 17.8 Å². The molecule has 120 valence electrons. The fourth-order valence-electron chi connectivity index (χ4n) is 2.75. The zero-order valence-corrected chi connectivity index (χ0v) is 15.2. The minimum atomic E-state index is -0.245. The smallest absolute Gasteiger partial charge is 0.196 e. The second kappa shape index (κ2) is 6.18. The predicted molar refractivity (Wildman–Crippen MR) is 98.9 cm³/mol. The second-order valence-electron chi connectivity index (χ2n) is 5.55. The zero-order valence-electron chi connectivity index (χ0n) is 12.8. The fraction of sp³-hybridized carbons (Fsp3) is 0.111. The number of pyridine rings is 1. The maximum absolute atomic E-state index is 13.2. The van der Waals surface area contributed by atoms with Gasteiger partial charge in [-0.05, 0) is 42.3 Å². The van der Waals surface area contributed by atoms with Gasteiger partial charge in [-0.1, -0.05) is 52.0 Å². The first-order valence-corrected chi connectivity index (χ1v) is 9.21. The van der Waals surface area contributed by atoms with Gasteiger partial charge in [-0.2, -0.15) is 0 Å². The van der Waals surface area contributed by atoms with Crippen molar-refractivity contribution in [2.75, 3.05) is 0 Å². The highest BCUT2D eigenvalue weighted by Gasteiger charge is 2.12. The van der Waals surface area contributed by atoms with Crippen molar-refractivity contribution in [1.82, 2.24) is 14.6 Å². The van der Waals surface area contributed by atoms with Gasteiger partial charge >= 0.3 is 0 Å². The molecule has 0 aliphatic rings. The molecule has 0 saturated heterocycles. The van der Waals surface area contributed by atoms with Gasteiger partial charge in [0, 0.05) is 15.6 Å². The van der Waals surface area contributed by atoms with Gasteiger partial charge in [0.2, 0.25) is 0 Å². The van der Waals surface area contributed by atoms with E-state index in [4.69, 9.17) is 0 Å². The number of para-hydroxylation sites is 1. The largest absolute Gasteiger partial charge is 0.270 e. The maximum Gasteiger partial charge on any atom is 0.196 e. The summed E-state index contributed by atoms with van der Waals surface area (Å²) in [5.41, 5.74) is 4.14. The van der Waals surface area contributed by atoms with Crippen molar-refractivity contribution in [1.29, 1.82) is 0 Å². The Kier molecular flexibility index (Phi) is 4.02. The van der Waals surface area contributed by atoms with E-state index in [1.165, 1.54) is 23.1 Å². The van der Waals surface area contributed by atoms with Gasteiger partial charge in [0.25, 0.3) is 0 Å². The summed E-state index contributed by atoms with van der Waals surface area (Å²) in [6.45, 7) is 2.08. The van der Waals surface area contributed by atoms with Crippen LogP contribution in [0.15, 0.2) is 58.2 Å². The molecule has 0 amide bonds. The third-order valence-electron chi connectivity index (χ3n) is 3.95. The molecule has 0 aliphatic carbocycles. The van der Waals surface area contributed by atoms with E-state index in [-0.39, 0.29) is 5.82 Å². The number of nitrogens with zero attached hydrogens (tertiary/aromatic N) is 3. The lowest BCUT2D eigenvalue weighted by Crippen LogP contribution is -1.93. The summed E-state index contributed by atoms with van der Waals surface area (Å²) >= 11 is 5.00. The molecule has 0 saturated carbocycles. The van der Waals surface area contributed by atoms with Gasteiger partial charge in [-0.15, -0.1) is 10.2 Å². The molecule has 0 radical (unpaired) electrons. The summed E-state index contributed by atoms with van der Waals surface area (Å²) in [5.74, 6) is 0.439. The van der Waals surface area contributed by atoms with Gasteiger partial charge in [0.15, 0.2) is 10.8 Å². The molecular formula is C18H13BrFN3S. The SMILES string of the molecule is Cc1cc2nnc(SCc3ccc(F)cc3Br)n2c2ccccc12. The van der Waals surface area contributed by atoms with Crippen molar-refractivity contribution < 1.29 is 4.39 Å². The molecule has 0 aliphatic heterocycles. The van der Waals surface area contributed by atoms with Crippen molar-refractivity contribution in [3.63, 3.8) is 0 Å².